The zero-order valence-corrected chi connectivity index (χ0v) is 16.6. The fourth-order valence-corrected chi connectivity index (χ4v) is 2.75. The number of nitrogens with zero attached hydrogens (tertiary/aromatic N) is 2. The number of anilines is 1. The third-order valence-corrected chi connectivity index (χ3v) is 4.52. The van der Waals surface area contributed by atoms with Crippen LogP contribution in [0.2, 0.25) is 0 Å². The van der Waals surface area contributed by atoms with Crippen molar-refractivity contribution in [2.45, 2.75) is 27.3 Å². The molecule has 0 saturated heterocycles. The number of benzene rings is 2. The largest absolute Gasteiger partial charge is 0.348 e. The van der Waals surface area contributed by atoms with Crippen molar-refractivity contribution in [2.24, 2.45) is 5.92 Å². The summed E-state index contributed by atoms with van der Waals surface area (Å²) in [5, 5.41) is 9.93. The summed E-state index contributed by atoms with van der Waals surface area (Å²) in [4.78, 5) is 24.3. The molecular weight excluding hydrogens is 371 g/mol. The van der Waals surface area contributed by atoms with E-state index in [4.69, 9.17) is 0 Å². The first-order chi connectivity index (χ1) is 13.8. The molecule has 7 heteroatoms. The van der Waals surface area contributed by atoms with E-state index in [0.717, 1.165) is 11.3 Å². The molecule has 0 atom stereocenters. The predicted molar refractivity (Wildman–Crippen MR) is 109 cm³/mol. The summed E-state index contributed by atoms with van der Waals surface area (Å²) >= 11 is 0. The van der Waals surface area contributed by atoms with E-state index in [9.17, 15) is 14.0 Å². The lowest BCUT2D eigenvalue weighted by atomic mass is 10.1. The van der Waals surface area contributed by atoms with Crippen LogP contribution in [0.5, 0.6) is 0 Å². The zero-order chi connectivity index (χ0) is 21.0. The highest BCUT2D eigenvalue weighted by Crippen LogP contribution is 2.15. The minimum atomic E-state index is -0.327. The highest BCUT2D eigenvalue weighted by molar-refractivity contribution is 5.95. The standard InChI is InChI=1S/C22H23FN4O2/c1-14(2)21(28)26-18-8-4-16(5-9-18)12-24-22(29)20-13-25-27(15(20)3)19-10-6-17(23)7-11-19/h4-11,13-14H,12H2,1-3H3,(H,24,29)(H,26,28). The summed E-state index contributed by atoms with van der Waals surface area (Å²) in [5.74, 6) is -0.702. The summed E-state index contributed by atoms with van der Waals surface area (Å²) in [5.41, 5.74) is 3.43. The van der Waals surface area contributed by atoms with Crippen LogP contribution in [-0.2, 0) is 11.3 Å². The molecule has 0 bridgehead atoms. The molecule has 3 rings (SSSR count). The minimum absolute atomic E-state index is 0.0419. The number of hydrogen-bond donors (Lipinski definition) is 2. The number of rotatable bonds is 6. The molecule has 2 N–H and O–H groups in total. The molecule has 0 aliphatic heterocycles. The van der Waals surface area contributed by atoms with Gasteiger partial charge in [0.15, 0.2) is 0 Å². The SMILES string of the molecule is Cc1c(C(=O)NCc2ccc(NC(=O)C(C)C)cc2)cnn1-c1ccc(F)cc1. The lowest BCUT2D eigenvalue weighted by molar-refractivity contribution is -0.118. The van der Waals surface area contributed by atoms with Gasteiger partial charge in [0.1, 0.15) is 5.82 Å². The van der Waals surface area contributed by atoms with E-state index in [2.05, 4.69) is 15.7 Å². The Morgan fingerprint density at radius 3 is 2.34 bits per heavy atom. The van der Waals surface area contributed by atoms with Gasteiger partial charge < -0.3 is 10.6 Å². The Morgan fingerprint density at radius 1 is 1.07 bits per heavy atom. The first-order valence-corrected chi connectivity index (χ1v) is 9.33. The number of halogens is 1. The van der Waals surface area contributed by atoms with E-state index < -0.39 is 0 Å². The maximum atomic E-state index is 13.1. The fraction of sp³-hybridized carbons (Fsp3) is 0.227. The zero-order valence-electron chi connectivity index (χ0n) is 16.6. The molecule has 6 nitrogen and oxygen atoms in total. The van der Waals surface area contributed by atoms with Crippen LogP contribution in [0.15, 0.2) is 54.7 Å². The monoisotopic (exact) mass is 394 g/mol. The molecule has 0 radical (unpaired) electrons. The Hall–Kier alpha value is -3.48. The second kappa shape index (κ2) is 8.68. The number of aromatic nitrogens is 2. The first kappa shape index (κ1) is 20.3. The molecule has 0 saturated carbocycles. The molecular formula is C22H23FN4O2. The van der Waals surface area contributed by atoms with Crippen molar-refractivity contribution in [2.75, 3.05) is 5.32 Å². The van der Waals surface area contributed by atoms with Crippen LogP contribution in [0.3, 0.4) is 0 Å². The molecule has 3 aromatic rings. The smallest absolute Gasteiger partial charge is 0.255 e. The van der Waals surface area contributed by atoms with Gasteiger partial charge in [-0.25, -0.2) is 9.07 Å². The van der Waals surface area contributed by atoms with Crippen molar-refractivity contribution in [1.82, 2.24) is 15.1 Å². The maximum Gasteiger partial charge on any atom is 0.255 e. The molecule has 0 aliphatic carbocycles. The summed E-state index contributed by atoms with van der Waals surface area (Å²) in [6.45, 7) is 5.80. The van der Waals surface area contributed by atoms with Crippen molar-refractivity contribution >= 4 is 17.5 Å². The van der Waals surface area contributed by atoms with Crippen molar-refractivity contribution in [3.8, 4) is 5.69 Å². The molecule has 1 aromatic heterocycles. The summed E-state index contributed by atoms with van der Waals surface area (Å²) in [6.07, 6.45) is 1.50. The average molecular weight is 394 g/mol. The van der Waals surface area contributed by atoms with Gasteiger partial charge in [0.2, 0.25) is 5.91 Å². The number of carbonyl (C=O) groups is 2. The highest BCUT2D eigenvalue weighted by Gasteiger charge is 2.15. The van der Waals surface area contributed by atoms with Crippen molar-refractivity contribution in [3.63, 3.8) is 0 Å². The predicted octanol–water partition coefficient (Wildman–Crippen LogP) is 3.84. The minimum Gasteiger partial charge on any atom is -0.348 e. The molecule has 2 amide bonds. The van der Waals surface area contributed by atoms with Gasteiger partial charge in [0, 0.05) is 18.2 Å². The number of hydrogen-bond acceptors (Lipinski definition) is 3. The van der Waals surface area contributed by atoms with E-state index in [1.807, 2.05) is 26.0 Å². The van der Waals surface area contributed by atoms with Crippen LogP contribution < -0.4 is 10.6 Å². The molecule has 0 unspecified atom stereocenters. The first-order valence-electron chi connectivity index (χ1n) is 9.33. The van der Waals surface area contributed by atoms with Gasteiger partial charge in [-0.05, 0) is 48.9 Å². The Labute approximate surface area is 168 Å². The quantitative estimate of drug-likeness (QED) is 0.667. The summed E-state index contributed by atoms with van der Waals surface area (Å²) in [7, 11) is 0. The Balaban J connectivity index is 1.62. The van der Waals surface area contributed by atoms with Crippen LogP contribution in [0, 0.1) is 18.7 Å². The third kappa shape index (κ3) is 4.87. The third-order valence-electron chi connectivity index (χ3n) is 4.52. The Bertz CT molecular complexity index is 1010. The van der Waals surface area contributed by atoms with Gasteiger partial charge in [-0.15, -0.1) is 0 Å². The highest BCUT2D eigenvalue weighted by atomic mass is 19.1. The van der Waals surface area contributed by atoms with E-state index in [1.54, 1.807) is 35.9 Å². The second-order valence-electron chi connectivity index (χ2n) is 7.06. The number of carbonyl (C=O) groups excluding carboxylic acids is 2. The number of nitrogens with one attached hydrogen (secondary N) is 2. The van der Waals surface area contributed by atoms with Gasteiger partial charge in [-0.1, -0.05) is 26.0 Å². The van der Waals surface area contributed by atoms with Gasteiger partial charge in [-0.3, -0.25) is 9.59 Å². The van der Waals surface area contributed by atoms with Crippen LogP contribution in [0.25, 0.3) is 5.69 Å². The maximum absolute atomic E-state index is 13.1. The molecule has 2 aromatic carbocycles. The lowest BCUT2D eigenvalue weighted by Gasteiger charge is -2.09. The Morgan fingerprint density at radius 2 is 1.72 bits per heavy atom. The van der Waals surface area contributed by atoms with Crippen LogP contribution in [0.4, 0.5) is 10.1 Å². The van der Waals surface area contributed by atoms with Crippen LogP contribution in [-0.4, -0.2) is 21.6 Å². The summed E-state index contributed by atoms with van der Waals surface area (Å²) in [6, 6.07) is 13.2. The molecule has 0 spiro atoms. The van der Waals surface area contributed by atoms with Gasteiger partial charge in [0.05, 0.1) is 23.1 Å². The average Bonchev–Trinajstić information content (AvgIpc) is 3.09. The van der Waals surface area contributed by atoms with E-state index in [1.165, 1.54) is 18.3 Å². The van der Waals surface area contributed by atoms with Gasteiger partial charge in [-0.2, -0.15) is 5.10 Å². The second-order valence-corrected chi connectivity index (χ2v) is 7.06. The van der Waals surface area contributed by atoms with Crippen LogP contribution >= 0.6 is 0 Å². The van der Waals surface area contributed by atoms with Crippen LogP contribution in [0.1, 0.15) is 35.5 Å². The topological polar surface area (TPSA) is 76.0 Å². The summed E-state index contributed by atoms with van der Waals surface area (Å²) < 4.78 is 14.7. The van der Waals surface area contributed by atoms with Gasteiger partial charge in [0.25, 0.3) is 5.91 Å². The van der Waals surface area contributed by atoms with Crippen molar-refractivity contribution in [3.05, 3.63) is 77.4 Å². The molecule has 0 aliphatic rings. The van der Waals surface area contributed by atoms with Gasteiger partial charge >= 0.3 is 0 Å². The molecule has 1 heterocycles. The normalized spacial score (nSPS) is 10.8. The Kier molecular flexibility index (Phi) is 6.07. The van der Waals surface area contributed by atoms with Crippen molar-refractivity contribution in [1.29, 1.82) is 0 Å². The van der Waals surface area contributed by atoms with E-state index in [-0.39, 0.29) is 23.5 Å². The molecule has 29 heavy (non-hydrogen) atoms. The number of amides is 2. The van der Waals surface area contributed by atoms with E-state index >= 15 is 0 Å². The van der Waals surface area contributed by atoms with Crippen molar-refractivity contribution < 1.29 is 14.0 Å². The fourth-order valence-electron chi connectivity index (χ4n) is 2.75. The molecule has 0 fully saturated rings. The molecule has 150 valence electrons. The lowest BCUT2D eigenvalue weighted by Crippen LogP contribution is -2.23. The van der Waals surface area contributed by atoms with E-state index in [0.29, 0.717) is 23.5 Å².